The summed E-state index contributed by atoms with van der Waals surface area (Å²) in [6, 6.07) is 11.7. The highest BCUT2D eigenvalue weighted by Crippen LogP contribution is 2.12. The molecule has 2 amide bonds. The van der Waals surface area contributed by atoms with Gasteiger partial charge in [0, 0.05) is 37.1 Å². The lowest BCUT2D eigenvalue weighted by molar-refractivity contribution is -0.385. The molecule has 0 saturated heterocycles. The fourth-order valence-electron chi connectivity index (χ4n) is 3.11. The Morgan fingerprint density at radius 2 is 0.972 bits per heavy atom. The molecule has 2 aromatic carbocycles. The van der Waals surface area contributed by atoms with Gasteiger partial charge in [-0.15, -0.1) is 0 Å². The van der Waals surface area contributed by atoms with Crippen LogP contribution in [0, 0.1) is 20.2 Å². The number of unbranched alkanes of at least 4 members (excludes halogenated alkanes) is 5. The van der Waals surface area contributed by atoms with E-state index in [2.05, 4.69) is 21.1 Å². The zero-order chi connectivity index (χ0) is 26.2. The van der Waals surface area contributed by atoms with Gasteiger partial charge < -0.3 is 0 Å². The van der Waals surface area contributed by atoms with Gasteiger partial charge in [-0.05, 0) is 48.2 Å². The van der Waals surface area contributed by atoms with E-state index < -0.39 is 9.85 Å². The first-order chi connectivity index (χ1) is 17.3. The summed E-state index contributed by atoms with van der Waals surface area (Å²) in [7, 11) is 0. The molecule has 0 heterocycles. The SMILES string of the molecule is O=C(CCCCCCCCC(=O)N/N=C/c1ccc([N+](=O)[O-])cc1)N/N=C/c1ccc([N+](=O)[O-])cc1. The third-order valence-corrected chi connectivity index (χ3v) is 5.07. The van der Waals surface area contributed by atoms with Gasteiger partial charge in [0.05, 0.1) is 22.3 Å². The monoisotopic (exact) mass is 496 g/mol. The molecule has 0 atom stereocenters. The van der Waals surface area contributed by atoms with Crippen LogP contribution in [0.4, 0.5) is 11.4 Å². The first kappa shape index (κ1) is 27.8. The number of nitro groups is 2. The Hall–Kier alpha value is -4.48. The van der Waals surface area contributed by atoms with Crippen LogP contribution in [-0.4, -0.2) is 34.1 Å². The molecule has 0 bridgehead atoms. The number of nitro benzene ring substituents is 2. The second-order valence-corrected chi connectivity index (χ2v) is 7.90. The minimum Gasteiger partial charge on any atom is -0.273 e. The van der Waals surface area contributed by atoms with E-state index in [9.17, 15) is 29.8 Å². The fourth-order valence-corrected chi connectivity index (χ4v) is 3.11. The summed E-state index contributed by atoms with van der Waals surface area (Å²) in [5, 5.41) is 28.9. The molecule has 0 saturated carbocycles. The molecule has 0 radical (unpaired) electrons. The third-order valence-electron chi connectivity index (χ3n) is 5.07. The van der Waals surface area contributed by atoms with Crippen molar-refractivity contribution < 1.29 is 19.4 Å². The summed E-state index contributed by atoms with van der Waals surface area (Å²) in [6.45, 7) is 0. The molecule has 0 fully saturated rings. The number of rotatable bonds is 15. The van der Waals surface area contributed by atoms with E-state index in [4.69, 9.17) is 0 Å². The number of nitrogens with zero attached hydrogens (tertiary/aromatic N) is 4. The van der Waals surface area contributed by atoms with Gasteiger partial charge in [-0.25, -0.2) is 10.9 Å². The van der Waals surface area contributed by atoms with Gasteiger partial charge in [-0.2, -0.15) is 10.2 Å². The van der Waals surface area contributed by atoms with Crippen molar-refractivity contribution in [1.82, 2.24) is 10.9 Å². The number of carbonyl (C=O) groups excluding carboxylic acids is 2. The van der Waals surface area contributed by atoms with E-state index in [0.29, 0.717) is 24.0 Å². The smallest absolute Gasteiger partial charge is 0.269 e. The second kappa shape index (κ2) is 15.4. The van der Waals surface area contributed by atoms with Crippen molar-refractivity contribution in [2.24, 2.45) is 10.2 Å². The zero-order valence-electron chi connectivity index (χ0n) is 19.7. The third kappa shape index (κ3) is 11.1. The van der Waals surface area contributed by atoms with E-state index >= 15 is 0 Å². The first-order valence-electron chi connectivity index (χ1n) is 11.5. The predicted molar refractivity (Wildman–Crippen MR) is 135 cm³/mol. The quantitative estimate of drug-likeness (QED) is 0.162. The van der Waals surface area contributed by atoms with Crippen LogP contribution in [0.3, 0.4) is 0 Å². The van der Waals surface area contributed by atoms with Gasteiger partial charge in [0.2, 0.25) is 11.8 Å². The van der Waals surface area contributed by atoms with Crippen molar-refractivity contribution in [1.29, 1.82) is 0 Å². The van der Waals surface area contributed by atoms with E-state index in [-0.39, 0.29) is 23.2 Å². The Morgan fingerprint density at radius 1 is 0.639 bits per heavy atom. The summed E-state index contributed by atoms with van der Waals surface area (Å²) in [6.07, 6.45) is 8.74. The number of carbonyl (C=O) groups is 2. The number of amides is 2. The van der Waals surface area contributed by atoms with Crippen molar-refractivity contribution in [3.63, 3.8) is 0 Å². The van der Waals surface area contributed by atoms with Crippen LogP contribution in [-0.2, 0) is 9.59 Å². The van der Waals surface area contributed by atoms with Crippen LogP contribution in [0.25, 0.3) is 0 Å². The molecule has 0 aliphatic heterocycles. The van der Waals surface area contributed by atoms with Crippen LogP contribution >= 0.6 is 0 Å². The minimum atomic E-state index is -0.483. The van der Waals surface area contributed by atoms with E-state index in [0.717, 1.165) is 38.5 Å². The molecule has 2 N–H and O–H groups in total. The molecule has 12 heteroatoms. The van der Waals surface area contributed by atoms with Crippen molar-refractivity contribution in [3.05, 3.63) is 79.9 Å². The summed E-state index contributed by atoms with van der Waals surface area (Å²) in [4.78, 5) is 43.9. The van der Waals surface area contributed by atoms with Gasteiger partial charge >= 0.3 is 0 Å². The normalized spacial score (nSPS) is 11.0. The number of hydrogen-bond donors (Lipinski definition) is 2. The molecule has 12 nitrogen and oxygen atoms in total. The summed E-state index contributed by atoms with van der Waals surface area (Å²) in [5.74, 6) is -0.391. The molecule has 0 aromatic heterocycles. The van der Waals surface area contributed by atoms with Crippen LogP contribution in [0.5, 0.6) is 0 Å². The van der Waals surface area contributed by atoms with Crippen LogP contribution in [0.2, 0.25) is 0 Å². The summed E-state index contributed by atoms with van der Waals surface area (Å²) >= 11 is 0. The van der Waals surface area contributed by atoms with E-state index in [1.165, 1.54) is 36.7 Å². The molecule has 0 unspecified atom stereocenters. The maximum absolute atomic E-state index is 11.8. The zero-order valence-corrected chi connectivity index (χ0v) is 19.7. The lowest BCUT2D eigenvalue weighted by Gasteiger charge is -2.02. The van der Waals surface area contributed by atoms with E-state index in [1.54, 1.807) is 24.3 Å². The molecule has 36 heavy (non-hydrogen) atoms. The lowest BCUT2D eigenvalue weighted by Crippen LogP contribution is -2.17. The maximum atomic E-state index is 11.8. The lowest BCUT2D eigenvalue weighted by atomic mass is 10.1. The molecular formula is C24H28N6O6. The number of non-ortho nitro benzene ring substituents is 2. The topological polar surface area (TPSA) is 169 Å². The minimum absolute atomic E-state index is 0.00884. The molecule has 2 rings (SSSR count). The Balaban J connectivity index is 1.47. The standard InChI is InChI=1S/C24H28N6O6/c31-23(27-25-17-19-9-13-21(14-10-19)29(33)34)7-5-3-1-2-4-6-8-24(32)28-26-18-20-11-15-22(16-12-20)30(35)36/h9-18H,1-8H2,(H,27,31)(H,28,32)/b25-17+,26-18+. The van der Waals surface area contributed by atoms with Crippen molar-refractivity contribution in [2.75, 3.05) is 0 Å². The van der Waals surface area contributed by atoms with Gasteiger partial charge in [-0.3, -0.25) is 29.8 Å². The van der Waals surface area contributed by atoms with E-state index in [1.807, 2.05) is 0 Å². The van der Waals surface area contributed by atoms with Crippen LogP contribution in [0.1, 0.15) is 62.5 Å². The highest BCUT2D eigenvalue weighted by molar-refractivity contribution is 5.83. The van der Waals surface area contributed by atoms with Gasteiger partial charge in [0.25, 0.3) is 11.4 Å². The number of hydrogen-bond acceptors (Lipinski definition) is 8. The average molecular weight is 497 g/mol. The van der Waals surface area contributed by atoms with Gasteiger partial charge in [0.15, 0.2) is 0 Å². The van der Waals surface area contributed by atoms with Crippen molar-refractivity contribution in [2.45, 2.75) is 51.4 Å². The highest BCUT2D eigenvalue weighted by atomic mass is 16.6. The van der Waals surface area contributed by atoms with Gasteiger partial charge in [0.1, 0.15) is 0 Å². The number of nitrogens with one attached hydrogen (secondary N) is 2. The number of hydrazone groups is 2. The first-order valence-corrected chi connectivity index (χ1v) is 11.5. The Kier molecular flexibility index (Phi) is 11.9. The molecule has 0 aliphatic carbocycles. The Labute approximate surface area is 207 Å². The Bertz CT molecular complexity index is 996. The van der Waals surface area contributed by atoms with Crippen molar-refractivity contribution in [3.8, 4) is 0 Å². The number of benzene rings is 2. The van der Waals surface area contributed by atoms with Crippen LogP contribution in [0.15, 0.2) is 58.7 Å². The van der Waals surface area contributed by atoms with Crippen LogP contribution < -0.4 is 10.9 Å². The molecule has 0 spiro atoms. The maximum Gasteiger partial charge on any atom is 0.269 e. The second-order valence-electron chi connectivity index (χ2n) is 7.90. The predicted octanol–water partition coefficient (Wildman–Crippen LogP) is 4.22. The average Bonchev–Trinajstić information content (AvgIpc) is 2.86. The van der Waals surface area contributed by atoms with Gasteiger partial charge in [-0.1, -0.05) is 25.7 Å². The molecule has 2 aromatic rings. The molecule has 0 aliphatic rings. The highest BCUT2D eigenvalue weighted by Gasteiger charge is 2.04. The molecular weight excluding hydrogens is 468 g/mol. The largest absolute Gasteiger partial charge is 0.273 e. The summed E-state index contributed by atoms with van der Waals surface area (Å²) in [5.41, 5.74) is 6.15. The molecule has 190 valence electrons. The summed E-state index contributed by atoms with van der Waals surface area (Å²) < 4.78 is 0. The Morgan fingerprint density at radius 3 is 1.31 bits per heavy atom. The fraction of sp³-hybridized carbons (Fsp3) is 0.333. The van der Waals surface area contributed by atoms with Crippen molar-refractivity contribution >= 4 is 35.6 Å².